The second-order valence-electron chi connectivity index (χ2n) is 6.26. The van der Waals surface area contributed by atoms with Gasteiger partial charge >= 0.3 is 5.97 Å². The predicted molar refractivity (Wildman–Crippen MR) is 96.5 cm³/mol. The number of aromatic carboxylic acids is 1. The molecule has 0 spiro atoms. The molecule has 0 radical (unpaired) electrons. The first-order chi connectivity index (χ1) is 12.9. The average molecular weight is 393 g/mol. The van der Waals surface area contributed by atoms with Crippen molar-refractivity contribution in [1.29, 1.82) is 0 Å². The van der Waals surface area contributed by atoms with Gasteiger partial charge in [-0.05, 0) is 30.3 Å². The molecule has 1 aromatic carbocycles. The number of hydrogen-bond donors (Lipinski definition) is 1. The van der Waals surface area contributed by atoms with E-state index in [-0.39, 0.29) is 4.90 Å². The second kappa shape index (κ2) is 8.12. The maximum atomic E-state index is 13.5. The van der Waals surface area contributed by atoms with Crippen molar-refractivity contribution in [2.24, 2.45) is 0 Å². The molecule has 144 valence electrons. The normalized spacial score (nSPS) is 16.3. The van der Waals surface area contributed by atoms with Crippen LogP contribution in [0.1, 0.15) is 16.1 Å². The van der Waals surface area contributed by atoms with Gasteiger partial charge in [-0.3, -0.25) is 4.98 Å². The van der Waals surface area contributed by atoms with Crippen molar-refractivity contribution in [3.8, 4) is 0 Å². The quantitative estimate of drug-likeness (QED) is 0.799. The van der Waals surface area contributed by atoms with Crippen molar-refractivity contribution in [1.82, 2.24) is 14.2 Å². The number of carboxylic acid groups (broad SMARTS) is 1. The first kappa shape index (κ1) is 19.4. The lowest BCUT2D eigenvalue weighted by Gasteiger charge is -2.33. The van der Waals surface area contributed by atoms with Gasteiger partial charge in [-0.2, -0.15) is 4.31 Å². The van der Waals surface area contributed by atoms with Crippen LogP contribution in [-0.2, 0) is 16.4 Å². The van der Waals surface area contributed by atoms with Gasteiger partial charge in [0.1, 0.15) is 5.82 Å². The van der Waals surface area contributed by atoms with Crippen LogP contribution >= 0.6 is 0 Å². The minimum absolute atomic E-state index is 0.205. The first-order valence-corrected chi connectivity index (χ1v) is 9.97. The van der Waals surface area contributed by atoms with E-state index in [1.807, 2.05) is 18.2 Å². The van der Waals surface area contributed by atoms with Gasteiger partial charge in [0.2, 0.25) is 10.0 Å². The molecular weight excluding hydrogens is 373 g/mol. The molecule has 3 rings (SSSR count). The Kier molecular flexibility index (Phi) is 5.83. The summed E-state index contributed by atoms with van der Waals surface area (Å²) in [5.74, 6) is -2.45. The van der Waals surface area contributed by atoms with Gasteiger partial charge in [0.25, 0.3) is 0 Å². The lowest BCUT2D eigenvalue weighted by Crippen LogP contribution is -2.49. The molecule has 2 aromatic rings. The molecule has 1 saturated heterocycles. The van der Waals surface area contributed by atoms with Crippen molar-refractivity contribution < 1.29 is 22.7 Å². The Morgan fingerprint density at radius 3 is 2.52 bits per heavy atom. The van der Waals surface area contributed by atoms with Crippen molar-refractivity contribution >= 4 is 16.0 Å². The molecule has 9 heteroatoms. The number of halogens is 1. The van der Waals surface area contributed by atoms with E-state index in [1.165, 1.54) is 4.31 Å². The molecule has 1 aliphatic rings. The second-order valence-corrected chi connectivity index (χ2v) is 8.20. The van der Waals surface area contributed by atoms with Crippen molar-refractivity contribution in [3.05, 3.63) is 59.7 Å². The van der Waals surface area contributed by atoms with Crippen LogP contribution in [0.25, 0.3) is 0 Å². The lowest BCUT2D eigenvalue weighted by molar-refractivity contribution is 0.0691. The molecule has 0 atom stereocenters. The molecule has 1 aromatic heterocycles. The standard InChI is InChI=1S/C18H20FN3O4S/c19-17-5-4-15(13-16(17)18(23)24)27(25,26)22-11-9-21(10-12-22)8-6-14-3-1-2-7-20-14/h1-5,7,13H,6,8-12H2,(H,23,24). The summed E-state index contributed by atoms with van der Waals surface area (Å²) in [4.78, 5) is 17.3. The number of carboxylic acids is 1. The zero-order chi connectivity index (χ0) is 19.4. The number of hydrogen-bond acceptors (Lipinski definition) is 5. The van der Waals surface area contributed by atoms with Gasteiger partial charge in [-0.1, -0.05) is 6.07 Å². The van der Waals surface area contributed by atoms with Crippen LogP contribution in [0, 0.1) is 5.82 Å². The van der Waals surface area contributed by atoms with Crippen LogP contribution in [0.3, 0.4) is 0 Å². The van der Waals surface area contributed by atoms with E-state index in [0.717, 1.165) is 36.9 Å². The van der Waals surface area contributed by atoms with E-state index in [4.69, 9.17) is 5.11 Å². The number of carbonyl (C=O) groups is 1. The van der Waals surface area contributed by atoms with E-state index >= 15 is 0 Å². The molecule has 7 nitrogen and oxygen atoms in total. The van der Waals surface area contributed by atoms with E-state index in [1.54, 1.807) is 6.20 Å². The number of sulfonamides is 1. The minimum Gasteiger partial charge on any atom is -0.478 e. The van der Waals surface area contributed by atoms with Gasteiger partial charge in [0, 0.05) is 51.0 Å². The molecule has 0 saturated carbocycles. The highest BCUT2D eigenvalue weighted by Gasteiger charge is 2.29. The van der Waals surface area contributed by atoms with Gasteiger partial charge in [-0.15, -0.1) is 0 Å². The third-order valence-electron chi connectivity index (χ3n) is 4.55. The molecule has 0 aliphatic carbocycles. The number of rotatable bonds is 6. The van der Waals surface area contributed by atoms with E-state index in [0.29, 0.717) is 26.2 Å². The van der Waals surface area contributed by atoms with Crippen molar-refractivity contribution in [3.63, 3.8) is 0 Å². The topological polar surface area (TPSA) is 90.8 Å². The van der Waals surface area contributed by atoms with Crippen LogP contribution in [0.15, 0.2) is 47.5 Å². The number of pyridine rings is 1. The summed E-state index contributed by atoms with van der Waals surface area (Å²) in [5.41, 5.74) is 0.338. The Hall–Kier alpha value is -2.36. The fraction of sp³-hybridized carbons (Fsp3) is 0.333. The summed E-state index contributed by atoms with van der Waals surface area (Å²) in [6.07, 6.45) is 2.53. The SMILES string of the molecule is O=C(O)c1cc(S(=O)(=O)N2CCN(CCc3ccccn3)CC2)ccc1F. The molecule has 2 heterocycles. The molecule has 0 unspecified atom stereocenters. The maximum absolute atomic E-state index is 13.5. The summed E-state index contributed by atoms with van der Waals surface area (Å²) in [6, 6.07) is 8.60. The van der Waals surface area contributed by atoms with E-state index < -0.39 is 27.4 Å². The largest absolute Gasteiger partial charge is 0.478 e. The Morgan fingerprint density at radius 2 is 1.89 bits per heavy atom. The lowest BCUT2D eigenvalue weighted by atomic mass is 10.2. The molecule has 0 amide bonds. The van der Waals surface area contributed by atoms with Gasteiger partial charge in [0.15, 0.2) is 0 Å². The molecule has 27 heavy (non-hydrogen) atoms. The monoisotopic (exact) mass is 393 g/mol. The number of benzene rings is 1. The molecule has 1 N–H and O–H groups in total. The maximum Gasteiger partial charge on any atom is 0.338 e. The summed E-state index contributed by atoms with van der Waals surface area (Å²) in [5, 5.41) is 8.99. The minimum atomic E-state index is -3.86. The van der Waals surface area contributed by atoms with Crippen LogP contribution in [0.5, 0.6) is 0 Å². The van der Waals surface area contributed by atoms with Crippen LogP contribution < -0.4 is 0 Å². The number of piperazine rings is 1. The highest BCUT2D eigenvalue weighted by molar-refractivity contribution is 7.89. The van der Waals surface area contributed by atoms with Gasteiger partial charge in [-0.25, -0.2) is 17.6 Å². The number of nitrogens with zero attached hydrogens (tertiary/aromatic N) is 3. The third kappa shape index (κ3) is 4.49. The molecule has 0 bridgehead atoms. The number of aromatic nitrogens is 1. The fourth-order valence-corrected chi connectivity index (χ4v) is 4.44. The third-order valence-corrected chi connectivity index (χ3v) is 6.44. The Morgan fingerprint density at radius 1 is 1.15 bits per heavy atom. The van der Waals surface area contributed by atoms with Gasteiger partial charge < -0.3 is 10.0 Å². The molecule has 1 aliphatic heterocycles. The smallest absolute Gasteiger partial charge is 0.338 e. The van der Waals surface area contributed by atoms with Crippen LogP contribution in [-0.4, -0.2) is 66.4 Å². The van der Waals surface area contributed by atoms with E-state index in [9.17, 15) is 17.6 Å². The molecular formula is C18H20FN3O4S. The van der Waals surface area contributed by atoms with Gasteiger partial charge in [0.05, 0.1) is 10.5 Å². The summed E-state index contributed by atoms with van der Waals surface area (Å²) in [6.45, 7) is 2.51. The first-order valence-electron chi connectivity index (χ1n) is 8.53. The zero-order valence-electron chi connectivity index (χ0n) is 14.6. The predicted octanol–water partition coefficient (Wildman–Crippen LogP) is 1.47. The highest BCUT2D eigenvalue weighted by Crippen LogP contribution is 2.21. The Labute approximate surface area is 157 Å². The Bertz CT molecular complexity index is 913. The Balaban J connectivity index is 1.63. The van der Waals surface area contributed by atoms with E-state index in [2.05, 4.69) is 9.88 Å². The average Bonchev–Trinajstić information content (AvgIpc) is 2.67. The van der Waals surface area contributed by atoms with Crippen LogP contribution in [0.4, 0.5) is 4.39 Å². The van der Waals surface area contributed by atoms with Crippen molar-refractivity contribution in [2.45, 2.75) is 11.3 Å². The fourth-order valence-electron chi connectivity index (χ4n) is 2.99. The van der Waals surface area contributed by atoms with Crippen molar-refractivity contribution in [2.75, 3.05) is 32.7 Å². The highest BCUT2D eigenvalue weighted by atomic mass is 32.2. The van der Waals surface area contributed by atoms with Crippen LogP contribution in [0.2, 0.25) is 0 Å². The zero-order valence-corrected chi connectivity index (χ0v) is 15.4. The molecule has 1 fully saturated rings. The summed E-state index contributed by atoms with van der Waals surface area (Å²) >= 11 is 0. The summed E-state index contributed by atoms with van der Waals surface area (Å²) < 4.78 is 40.3. The summed E-state index contributed by atoms with van der Waals surface area (Å²) in [7, 11) is -3.86.